The van der Waals surface area contributed by atoms with Crippen molar-refractivity contribution in [3.8, 4) is 44.5 Å². The highest BCUT2D eigenvalue weighted by atomic mass is 28.3. The van der Waals surface area contributed by atoms with Crippen LogP contribution in [0.4, 0.5) is 0 Å². The number of rotatable bonds is 7. The van der Waals surface area contributed by atoms with Crippen LogP contribution in [0.3, 0.4) is 0 Å². The van der Waals surface area contributed by atoms with Crippen LogP contribution >= 0.6 is 0 Å². The van der Waals surface area contributed by atoms with Gasteiger partial charge in [0.1, 0.15) is 0 Å². The van der Waals surface area contributed by atoms with E-state index in [1.165, 1.54) is 142 Å². The van der Waals surface area contributed by atoms with Crippen molar-refractivity contribution in [2.45, 2.75) is 50.4 Å². The lowest BCUT2D eigenvalue weighted by atomic mass is 9.62. The zero-order chi connectivity index (χ0) is 55.6. The molecule has 0 bridgehead atoms. The third-order valence-corrected chi connectivity index (χ3v) is 24.6. The topological polar surface area (TPSA) is 0 Å². The van der Waals surface area contributed by atoms with Gasteiger partial charge in [-0.05, 0) is 149 Å². The fourth-order valence-corrected chi connectivity index (χ4v) is 21.6. The first kappa shape index (κ1) is 49.4. The number of hydrogen-bond donors (Lipinski definition) is 0. The predicted molar refractivity (Wildman–Crippen MR) is 352 cm³/mol. The minimum atomic E-state index is -3.01. The Morgan fingerprint density at radius 3 is 1.14 bits per heavy atom. The van der Waals surface area contributed by atoms with Crippen LogP contribution < -0.4 is 20.7 Å². The maximum absolute atomic E-state index is 3.01. The number of benzene rings is 13. The van der Waals surface area contributed by atoms with Gasteiger partial charge in [-0.2, -0.15) is 0 Å². The summed E-state index contributed by atoms with van der Waals surface area (Å²) in [7, 11) is -3.01. The van der Waals surface area contributed by atoms with Crippen LogP contribution in [0.25, 0.3) is 66.1 Å². The van der Waals surface area contributed by atoms with Crippen molar-refractivity contribution < 1.29 is 0 Å². The average molecular weight is 1080 g/mol. The molecular formula is C82H62Si. The average Bonchev–Trinajstić information content (AvgIpc) is 3.08. The normalized spacial score (nSPS) is 16.5. The van der Waals surface area contributed by atoms with Gasteiger partial charge in [0.2, 0.25) is 0 Å². The van der Waals surface area contributed by atoms with E-state index in [0.29, 0.717) is 0 Å². The largest absolute Gasteiger partial charge is 0.181 e. The summed E-state index contributed by atoms with van der Waals surface area (Å²) in [6, 6.07) is 112. The van der Waals surface area contributed by atoms with E-state index in [-0.39, 0.29) is 22.7 Å². The Hall–Kier alpha value is -9.40. The van der Waals surface area contributed by atoms with Gasteiger partial charge in [-0.3, -0.25) is 0 Å². The summed E-state index contributed by atoms with van der Waals surface area (Å²) < 4.78 is 0. The highest BCUT2D eigenvalue weighted by Crippen LogP contribution is 2.56. The molecule has 13 aromatic rings. The van der Waals surface area contributed by atoms with E-state index in [4.69, 9.17) is 0 Å². The van der Waals surface area contributed by atoms with Crippen LogP contribution in [0.2, 0.25) is 0 Å². The van der Waals surface area contributed by atoms with Crippen LogP contribution in [-0.4, -0.2) is 8.07 Å². The fourth-order valence-electron chi connectivity index (χ4n) is 16.2. The highest BCUT2D eigenvalue weighted by Gasteiger charge is 2.50. The molecule has 3 aliphatic rings. The molecule has 0 nitrogen and oxygen atoms in total. The molecular weight excluding hydrogens is 1010 g/mol. The van der Waals surface area contributed by atoms with Crippen LogP contribution in [-0.2, 0) is 10.8 Å². The molecule has 0 aromatic heterocycles. The van der Waals surface area contributed by atoms with E-state index in [9.17, 15) is 0 Å². The van der Waals surface area contributed by atoms with Gasteiger partial charge in [-0.15, -0.1) is 0 Å². The molecule has 0 N–H and O–H groups in total. The Morgan fingerprint density at radius 2 is 0.639 bits per heavy atom. The maximum atomic E-state index is 2.60. The van der Waals surface area contributed by atoms with Gasteiger partial charge < -0.3 is 0 Å². The van der Waals surface area contributed by atoms with Crippen LogP contribution in [0, 0.1) is 0 Å². The number of hydrogen-bond acceptors (Lipinski definition) is 0. The summed E-state index contributed by atoms with van der Waals surface area (Å²) in [6.07, 6.45) is 0. The molecule has 0 saturated heterocycles. The Labute approximate surface area is 489 Å². The lowest BCUT2D eigenvalue weighted by Gasteiger charge is -2.41. The van der Waals surface area contributed by atoms with Gasteiger partial charge in [0, 0.05) is 22.7 Å². The van der Waals surface area contributed by atoms with Crippen molar-refractivity contribution in [3.63, 3.8) is 0 Å². The second kappa shape index (κ2) is 18.8. The molecule has 1 heterocycles. The van der Waals surface area contributed by atoms with E-state index in [2.05, 4.69) is 319 Å². The second-order valence-corrected chi connectivity index (χ2v) is 28.1. The molecule has 0 radical (unpaired) electrons. The third kappa shape index (κ3) is 7.11. The van der Waals surface area contributed by atoms with E-state index >= 15 is 0 Å². The second-order valence-electron chi connectivity index (χ2n) is 24.5. The number of fused-ring (bicyclic) bond motifs is 9. The Balaban J connectivity index is 1.06. The minimum Gasteiger partial charge on any atom is -0.0623 e. The van der Waals surface area contributed by atoms with E-state index in [1.807, 2.05) is 0 Å². The van der Waals surface area contributed by atoms with E-state index < -0.39 is 8.07 Å². The lowest BCUT2D eigenvalue weighted by molar-refractivity contribution is 0.598. The summed E-state index contributed by atoms with van der Waals surface area (Å²) in [5.74, 6) is 0.0715. The van der Waals surface area contributed by atoms with Crippen molar-refractivity contribution in [2.24, 2.45) is 0 Å². The van der Waals surface area contributed by atoms with Gasteiger partial charge in [0.05, 0.1) is 0 Å². The molecule has 16 rings (SSSR count). The fraction of sp³-hybridized carbons (Fsp3) is 0.0976. The van der Waals surface area contributed by atoms with Gasteiger partial charge >= 0.3 is 0 Å². The molecule has 2 unspecified atom stereocenters. The maximum Gasteiger partial charge on any atom is 0.181 e. The zero-order valence-electron chi connectivity index (χ0n) is 47.4. The van der Waals surface area contributed by atoms with Gasteiger partial charge in [0.15, 0.2) is 8.07 Å². The van der Waals surface area contributed by atoms with Crippen LogP contribution in [0.5, 0.6) is 0 Å². The SMILES string of the molecule is CC1(C)c2ccccc2C(c2ccccc2)c2c(-c3cccc4c(-c5cccc6c5[Si](c5ccccc5)(c5ccccc5)c5ccccc5-6)c5cccc(-c6cccc7c6C(c6ccccc6)c6ccccc6C7(C)C)c5cc34)cccc21. The van der Waals surface area contributed by atoms with Gasteiger partial charge in [0.25, 0.3) is 0 Å². The van der Waals surface area contributed by atoms with Crippen molar-refractivity contribution >= 4 is 50.4 Å². The van der Waals surface area contributed by atoms with Crippen molar-refractivity contribution in [1.29, 1.82) is 0 Å². The molecule has 13 aromatic carbocycles. The molecule has 2 atom stereocenters. The standard InChI is InChI=1S/C82H62Si/c1-81(2)70-47-20-17-37-65(70)75(53-28-9-5-10-29-53)78-60(43-26-49-72(78)81)57-39-23-41-62-68(57)52-69-58(61-44-27-50-73-79(61)76(54-30-11-6-12-31-54)66-38-18-21-48-71(66)82(73,3)4)40-24-42-63(69)77(62)67-46-25-45-64-59-36-19-22-51-74(59)83(80(64)67,55-32-13-7-14-33-55)56-34-15-8-16-35-56/h5-52,75-76H,1-4H3. The van der Waals surface area contributed by atoms with Crippen LogP contribution in [0.15, 0.2) is 291 Å². The molecule has 1 heteroatoms. The summed E-state index contributed by atoms with van der Waals surface area (Å²) in [4.78, 5) is 0. The molecule has 0 fully saturated rings. The monoisotopic (exact) mass is 1070 g/mol. The molecule has 394 valence electrons. The predicted octanol–water partition coefficient (Wildman–Crippen LogP) is 18.0. The van der Waals surface area contributed by atoms with E-state index in [1.54, 1.807) is 0 Å². The summed E-state index contributed by atoms with van der Waals surface area (Å²) in [6.45, 7) is 9.73. The molecule has 83 heavy (non-hydrogen) atoms. The van der Waals surface area contributed by atoms with Crippen LogP contribution in [0.1, 0.15) is 95.2 Å². The van der Waals surface area contributed by atoms with Gasteiger partial charge in [-0.1, -0.05) is 313 Å². The lowest BCUT2D eigenvalue weighted by Crippen LogP contribution is -2.73. The van der Waals surface area contributed by atoms with Crippen molar-refractivity contribution in [2.75, 3.05) is 0 Å². The molecule has 0 saturated carbocycles. The minimum absolute atomic E-state index is 0.0358. The quantitative estimate of drug-likeness (QED) is 0.110. The first-order chi connectivity index (χ1) is 40.8. The van der Waals surface area contributed by atoms with Gasteiger partial charge in [-0.25, -0.2) is 0 Å². The molecule has 0 amide bonds. The Kier molecular flexibility index (Phi) is 11.2. The summed E-state index contributed by atoms with van der Waals surface area (Å²) in [5, 5.41) is 10.7. The van der Waals surface area contributed by atoms with Crippen molar-refractivity contribution in [1.82, 2.24) is 0 Å². The molecule has 1 aliphatic heterocycles. The first-order valence-corrected chi connectivity index (χ1v) is 31.7. The van der Waals surface area contributed by atoms with Crippen molar-refractivity contribution in [3.05, 3.63) is 347 Å². The smallest absolute Gasteiger partial charge is 0.0623 e. The highest BCUT2D eigenvalue weighted by molar-refractivity contribution is 7.22. The Morgan fingerprint density at radius 1 is 0.277 bits per heavy atom. The zero-order valence-corrected chi connectivity index (χ0v) is 48.4. The van der Waals surface area contributed by atoms with E-state index in [0.717, 1.165) is 0 Å². The Bertz CT molecular complexity index is 4470. The molecule has 2 aliphatic carbocycles. The molecule has 0 spiro atoms. The summed E-state index contributed by atoms with van der Waals surface area (Å²) in [5.41, 5.74) is 23.6. The summed E-state index contributed by atoms with van der Waals surface area (Å²) >= 11 is 0. The first-order valence-electron chi connectivity index (χ1n) is 29.7. The third-order valence-electron chi connectivity index (χ3n) is 19.7.